The minimum absolute atomic E-state index is 0.0618. The van der Waals surface area contributed by atoms with Crippen LogP contribution in [0.15, 0.2) is 24.3 Å². The van der Waals surface area contributed by atoms with Crippen LogP contribution >= 0.6 is 11.6 Å². The van der Waals surface area contributed by atoms with E-state index in [-0.39, 0.29) is 6.04 Å². The number of aliphatic hydroxyl groups excluding tert-OH is 1. The second-order valence-corrected chi connectivity index (χ2v) is 6.26. The van der Waals surface area contributed by atoms with Crippen LogP contribution < -0.4 is 5.32 Å². The number of aliphatic hydroxyl groups is 1. The van der Waals surface area contributed by atoms with E-state index in [2.05, 4.69) is 19.2 Å². The van der Waals surface area contributed by atoms with Crippen LogP contribution in [-0.2, 0) is 0 Å². The molecule has 0 aromatic heterocycles. The van der Waals surface area contributed by atoms with Crippen LogP contribution in [0.5, 0.6) is 0 Å². The minimum atomic E-state index is -0.480. The van der Waals surface area contributed by atoms with E-state index in [4.69, 9.17) is 11.6 Å². The molecule has 1 saturated carbocycles. The molecule has 2 N–H and O–H groups in total. The van der Waals surface area contributed by atoms with E-state index in [1.165, 1.54) is 25.7 Å². The summed E-state index contributed by atoms with van der Waals surface area (Å²) in [4.78, 5) is 0. The first kappa shape index (κ1) is 14.8. The van der Waals surface area contributed by atoms with Crippen LogP contribution in [0.2, 0.25) is 5.02 Å². The van der Waals surface area contributed by atoms with E-state index in [1.807, 2.05) is 24.3 Å². The first-order chi connectivity index (χ1) is 9.08. The molecule has 1 fully saturated rings. The highest BCUT2D eigenvalue weighted by Crippen LogP contribution is 2.26. The normalized spacial score (nSPS) is 26.9. The highest BCUT2D eigenvalue weighted by Gasteiger charge is 2.25. The molecular formula is C16H24ClNO. The summed E-state index contributed by atoms with van der Waals surface area (Å²) in [7, 11) is 0. The van der Waals surface area contributed by atoms with Gasteiger partial charge in [-0.3, -0.25) is 0 Å². The van der Waals surface area contributed by atoms with E-state index in [0.717, 1.165) is 5.56 Å². The Morgan fingerprint density at radius 3 is 2.47 bits per heavy atom. The highest BCUT2D eigenvalue weighted by molar-refractivity contribution is 6.30. The van der Waals surface area contributed by atoms with Gasteiger partial charge in [-0.25, -0.2) is 0 Å². The van der Waals surface area contributed by atoms with Gasteiger partial charge in [-0.05, 0) is 43.4 Å². The predicted molar refractivity (Wildman–Crippen MR) is 80.4 cm³/mol. The number of nitrogens with one attached hydrogen (secondary N) is 1. The Labute approximate surface area is 121 Å². The van der Waals surface area contributed by atoms with Crippen molar-refractivity contribution >= 4 is 11.6 Å². The maximum Gasteiger partial charge on any atom is 0.0940 e. The fraction of sp³-hybridized carbons (Fsp3) is 0.625. The molecule has 4 atom stereocenters. The number of hydrogen-bond acceptors (Lipinski definition) is 2. The fourth-order valence-corrected chi connectivity index (χ4v) is 3.07. The van der Waals surface area contributed by atoms with Gasteiger partial charge in [0.05, 0.1) is 6.10 Å². The van der Waals surface area contributed by atoms with Crippen molar-refractivity contribution in [2.24, 2.45) is 5.92 Å². The third kappa shape index (κ3) is 3.95. The maximum absolute atomic E-state index is 10.4. The summed E-state index contributed by atoms with van der Waals surface area (Å²) in [5, 5.41) is 14.7. The van der Waals surface area contributed by atoms with Gasteiger partial charge in [0, 0.05) is 17.1 Å². The lowest BCUT2D eigenvalue weighted by Gasteiger charge is -2.33. The van der Waals surface area contributed by atoms with E-state index < -0.39 is 6.10 Å². The highest BCUT2D eigenvalue weighted by atomic mass is 35.5. The Bertz CT molecular complexity index is 392. The molecule has 2 rings (SSSR count). The molecule has 3 heteroatoms. The van der Waals surface area contributed by atoms with Gasteiger partial charge in [0.1, 0.15) is 0 Å². The summed E-state index contributed by atoms with van der Waals surface area (Å²) in [6.45, 7) is 4.36. The molecule has 0 bridgehead atoms. The summed E-state index contributed by atoms with van der Waals surface area (Å²) >= 11 is 5.87. The smallest absolute Gasteiger partial charge is 0.0940 e. The summed E-state index contributed by atoms with van der Waals surface area (Å²) < 4.78 is 0. The van der Waals surface area contributed by atoms with Gasteiger partial charge in [0.15, 0.2) is 0 Å². The summed E-state index contributed by atoms with van der Waals surface area (Å²) in [6, 6.07) is 8.05. The van der Waals surface area contributed by atoms with Crippen molar-refractivity contribution in [3.63, 3.8) is 0 Å². The van der Waals surface area contributed by atoms with Gasteiger partial charge < -0.3 is 10.4 Å². The Morgan fingerprint density at radius 2 is 1.84 bits per heavy atom. The molecular weight excluding hydrogens is 258 g/mol. The van der Waals surface area contributed by atoms with Crippen LogP contribution in [0.25, 0.3) is 0 Å². The molecule has 106 valence electrons. The third-order valence-electron chi connectivity index (χ3n) is 4.27. The molecule has 0 spiro atoms. The SMILES string of the molecule is CC1CCCCC1NC(C)C(O)c1ccc(Cl)cc1. The maximum atomic E-state index is 10.4. The van der Waals surface area contributed by atoms with Crippen LogP contribution in [0.4, 0.5) is 0 Å². The minimum Gasteiger partial charge on any atom is -0.387 e. The average Bonchev–Trinajstić information content (AvgIpc) is 2.41. The number of rotatable bonds is 4. The lowest BCUT2D eigenvalue weighted by Crippen LogP contribution is -2.44. The van der Waals surface area contributed by atoms with Gasteiger partial charge in [-0.15, -0.1) is 0 Å². The van der Waals surface area contributed by atoms with Crippen LogP contribution in [-0.4, -0.2) is 17.2 Å². The summed E-state index contributed by atoms with van der Waals surface area (Å²) in [6.07, 6.45) is 4.67. The average molecular weight is 282 g/mol. The molecule has 0 saturated heterocycles. The monoisotopic (exact) mass is 281 g/mol. The fourth-order valence-electron chi connectivity index (χ4n) is 2.94. The van der Waals surface area contributed by atoms with Crippen molar-refractivity contribution in [3.8, 4) is 0 Å². The Balaban J connectivity index is 1.94. The van der Waals surface area contributed by atoms with E-state index in [0.29, 0.717) is 17.0 Å². The van der Waals surface area contributed by atoms with E-state index >= 15 is 0 Å². The largest absolute Gasteiger partial charge is 0.387 e. The van der Waals surface area contributed by atoms with Gasteiger partial charge in [-0.2, -0.15) is 0 Å². The van der Waals surface area contributed by atoms with Crippen molar-refractivity contribution in [1.82, 2.24) is 5.32 Å². The number of benzene rings is 1. The molecule has 1 aliphatic rings. The first-order valence-electron chi connectivity index (χ1n) is 7.27. The Morgan fingerprint density at radius 1 is 1.21 bits per heavy atom. The molecule has 19 heavy (non-hydrogen) atoms. The quantitative estimate of drug-likeness (QED) is 0.876. The zero-order valence-corrected chi connectivity index (χ0v) is 12.5. The van der Waals surface area contributed by atoms with Gasteiger partial charge in [0.25, 0.3) is 0 Å². The van der Waals surface area contributed by atoms with Crippen LogP contribution in [0.3, 0.4) is 0 Å². The van der Waals surface area contributed by atoms with Crippen LogP contribution in [0, 0.1) is 5.92 Å². The molecule has 1 aromatic carbocycles. The molecule has 1 aromatic rings. The van der Waals surface area contributed by atoms with Crippen molar-refractivity contribution < 1.29 is 5.11 Å². The molecule has 2 nitrogen and oxygen atoms in total. The van der Waals surface area contributed by atoms with Gasteiger partial charge >= 0.3 is 0 Å². The number of hydrogen-bond donors (Lipinski definition) is 2. The van der Waals surface area contributed by atoms with E-state index in [1.54, 1.807) is 0 Å². The third-order valence-corrected chi connectivity index (χ3v) is 4.53. The van der Waals surface area contributed by atoms with Crippen molar-refractivity contribution in [2.75, 3.05) is 0 Å². The molecule has 0 amide bonds. The van der Waals surface area contributed by atoms with Crippen molar-refractivity contribution in [2.45, 2.75) is 57.7 Å². The topological polar surface area (TPSA) is 32.3 Å². The Hall–Kier alpha value is -0.570. The molecule has 4 unspecified atom stereocenters. The lowest BCUT2D eigenvalue weighted by molar-refractivity contribution is 0.117. The lowest BCUT2D eigenvalue weighted by atomic mass is 9.85. The zero-order valence-electron chi connectivity index (χ0n) is 11.8. The molecule has 0 aliphatic heterocycles. The van der Waals surface area contributed by atoms with Crippen molar-refractivity contribution in [1.29, 1.82) is 0 Å². The van der Waals surface area contributed by atoms with Gasteiger partial charge in [-0.1, -0.05) is 43.5 Å². The van der Waals surface area contributed by atoms with Gasteiger partial charge in [0.2, 0.25) is 0 Å². The molecule has 0 heterocycles. The molecule has 0 radical (unpaired) electrons. The number of halogens is 1. The second-order valence-electron chi connectivity index (χ2n) is 5.82. The summed E-state index contributed by atoms with van der Waals surface area (Å²) in [5.74, 6) is 0.702. The first-order valence-corrected chi connectivity index (χ1v) is 7.65. The summed E-state index contributed by atoms with van der Waals surface area (Å²) in [5.41, 5.74) is 0.924. The van der Waals surface area contributed by atoms with E-state index in [9.17, 15) is 5.11 Å². The van der Waals surface area contributed by atoms with Crippen LogP contribution in [0.1, 0.15) is 51.2 Å². The standard InChI is InChI=1S/C16H24ClNO/c1-11-5-3-4-6-15(11)18-12(2)16(19)13-7-9-14(17)10-8-13/h7-12,15-16,18-19H,3-6H2,1-2H3. The van der Waals surface area contributed by atoms with Crippen molar-refractivity contribution in [3.05, 3.63) is 34.9 Å². The Kier molecular flexibility index (Phi) is 5.26. The zero-order chi connectivity index (χ0) is 13.8. The predicted octanol–water partition coefficient (Wildman–Crippen LogP) is 3.93. The molecule has 1 aliphatic carbocycles. The second kappa shape index (κ2) is 6.74.